The maximum atomic E-state index is 12.3. The number of carbonyl (C=O) groups excluding carboxylic acids is 1. The summed E-state index contributed by atoms with van der Waals surface area (Å²) in [5, 5.41) is 2.92. The van der Waals surface area contributed by atoms with Gasteiger partial charge in [0.1, 0.15) is 5.75 Å². The topological polar surface area (TPSA) is 77.0 Å². The molecule has 2 rings (SSSR count). The summed E-state index contributed by atoms with van der Waals surface area (Å²) in [6.45, 7) is 10.2. The molecule has 29 heavy (non-hydrogen) atoms. The Kier molecular flexibility index (Phi) is 7.81. The molecular weight excluding hydrogens is 388 g/mol. The molecule has 7 heteroatoms. The lowest BCUT2D eigenvalue weighted by atomic mass is 9.87. The van der Waals surface area contributed by atoms with Gasteiger partial charge in [-0.1, -0.05) is 45.0 Å². The van der Waals surface area contributed by atoms with Gasteiger partial charge in [0.15, 0.2) is 17.5 Å². The van der Waals surface area contributed by atoms with Gasteiger partial charge in [-0.05, 0) is 54.2 Å². The van der Waals surface area contributed by atoms with E-state index in [1.165, 1.54) is 12.7 Å². The van der Waals surface area contributed by atoms with Crippen LogP contribution in [0.4, 0.5) is 5.69 Å². The molecule has 0 fully saturated rings. The average molecular weight is 419 g/mol. The highest BCUT2D eigenvalue weighted by Crippen LogP contribution is 2.25. The monoisotopic (exact) mass is 418 g/mol. The van der Waals surface area contributed by atoms with Crippen molar-refractivity contribution in [2.45, 2.75) is 46.1 Å². The van der Waals surface area contributed by atoms with Gasteiger partial charge in [0.25, 0.3) is 5.91 Å². The number of nitrogens with one attached hydrogen (secondary N) is 1. The molecule has 0 radical (unpaired) electrons. The molecular formula is C22H30N2O4S. The number of hydrogen-bond donors (Lipinski definition) is 2. The third-order valence-corrected chi connectivity index (χ3v) is 5.23. The lowest BCUT2D eigenvalue weighted by Crippen LogP contribution is -2.31. The molecule has 0 aliphatic rings. The Morgan fingerprint density at radius 2 is 1.83 bits per heavy atom. The van der Waals surface area contributed by atoms with Crippen LogP contribution in [0.1, 0.15) is 50.4 Å². The van der Waals surface area contributed by atoms with E-state index in [1.807, 2.05) is 50.2 Å². The van der Waals surface area contributed by atoms with Crippen LogP contribution in [0.2, 0.25) is 0 Å². The van der Waals surface area contributed by atoms with E-state index in [0.717, 1.165) is 11.1 Å². The van der Waals surface area contributed by atoms with Crippen LogP contribution in [-0.2, 0) is 25.3 Å². The first kappa shape index (κ1) is 22.9. The fourth-order valence-electron chi connectivity index (χ4n) is 2.76. The number of ether oxygens (including phenoxy) is 1. The predicted molar refractivity (Wildman–Crippen MR) is 117 cm³/mol. The number of aryl methyl sites for hydroxylation is 1. The quantitative estimate of drug-likeness (QED) is 0.653. The second-order valence-electron chi connectivity index (χ2n) is 7.92. The van der Waals surface area contributed by atoms with Crippen molar-refractivity contribution < 1.29 is 17.9 Å². The third-order valence-electron chi connectivity index (χ3n) is 4.53. The van der Waals surface area contributed by atoms with E-state index in [0.29, 0.717) is 11.4 Å². The van der Waals surface area contributed by atoms with Crippen LogP contribution in [0.3, 0.4) is 0 Å². The highest BCUT2D eigenvalue weighted by Gasteiger charge is 2.14. The van der Waals surface area contributed by atoms with E-state index in [2.05, 4.69) is 30.5 Å². The Morgan fingerprint density at radius 3 is 2.38 bits per heavy atom. The number of rotatable bonds is 7. The summed E-state index contributed by atoms with van der Waals surface area (Å²) in [7, 11) is -0.705. The fourth-order valence-corrected chi connectivity index (χ4v) is 3.24. The highest BCUT2D eigenvalue weighted by atomic mass is 32.2. The Hall–Kier alpha value is -2.38. The van der Waals surface area contributed by atoms with Crippen molar-refractivity contribution in [1.29, 1.82) is 0 Å². The van der Waals surface area contributed by atoms with Crippen LogP contribution in [-0.4, -0.2) is 23.8 Å². The molecule has 158 valence electrons. The lowest BCUT2D eigenvalue weighted by molar-refractivity contribution is -0.123. The van der Waals surface area contributed by atoms with E-state index in [4.69, 9.17) is 8.92 Å². The number of carbonyl (C=O) groups is 1. The number of hydrogen-bond acceptors (Lipinski definition) is 5. The van der Waals surface area contributed by atoms with Crippen molar-refractivity contribution in [2.24, 2.45) is 4.36 Å². The molecule has 0 bridgehead atoms. The zero-order valence-electron chi connectivity index (χ0n) is 17.9. The summed E-state index contributed by atoms with van der Waals surface area (Å²) < 4.78 is 25.7. The Morgan fingerprint density at radius 1 is 1.17 bits per heavy atom. The van der Waals surface area contributed by atoms with E-state index >= 15 is 0 Å². The third kappa shape index (κ3) is 6.87. The van der Waals surface area contributed by atoms with Crippen molar-refractivity contribution in [3.8, 4) is 5.75 Å². The molecule has 1 amide bonds. The SMILES string of the molecule is CO[SH](=O)=Nc1ccc([C@@H](C)NC(=O)COc2ccc(C(C)(C)C)cc2)cc1C. The Bertz CT molecular complexity index is 927. The van der Waals surface area contributed by atoms with Gasteiger partial charge in [-0.25, -0.2) is 4.21 Å². The Labute approximate surface area is 175 Å². The van der Waals surface area contributed by atoms with E-state index in [1.54, 1.807) is 6.07 Å². The second kappa shape index (κ2) is 9.89. The molecule has 0 heterocycles. The lowest BCUT2D eigenvalue weighted by Gasteiger charge is -2.19. The smallest absolute Gasteiger partial charge is 0.258 e. The van der Waals surface area contributed by atoms with Gasteiger partial charge in [-0.15, -0.1) is 0 Å². The molecule has 6 nitrogen and oxygen atoms in total. The highest BCUT2D eigenvalue weighted by molar-refractivity contribution is 7.69. The molecule has 2 aromatic carbocycles. The minimum Gasteiger partial charge on any atom is -0.484 e. The van der Waals surface area contributed by atoms with Crippen LogP contribution in [0, 0.1) is 6.92 Å². The molecule has 1 N–H and O–H groups in total. The number of nitrogens with zero attached hydrogens (tertiary/aromatic N) is 1. The van der Waals surface area contributed by atoms with Crippen LogP contribution in [0.25, 0.3) is 0 Å². The molecule has 0 aliphatic carbocycles. The van der Waals surface area contributed by atoms with Crippen LogP contribution < -0.4 is 10.1 Å². The number of thiol groups is 1. The zero-order valence-corrected chi connectivity index (χ0v) is 18.7. The first-order valence-electron chi connectivity index (χ1n) is 9.46. The summed E-state index contributed by atoms with van der Waals surface area (Å²) in [6.07, 6.45) is 0. The molecule has 2 atom stereocenters. The van der Waals surface area contributed by atoms with Crippen molar-refractivity contribution in [3.05, 3.63) is 59.2 Å². The van der Waals surface area contributed by atoms with E-state index < -0.39 is 10.9 Å². The van der Waals surface area contributed by atoms with E-state index in [-0.39, 0.29) is 24.0 Å². The van der Waals surface area contributed by atoms with Crippen molar-refractivity contribution in [1.82, 2.24) is 5.32 Å². The van der Waals surface area contributed by atoms with Gasteiger partial charge >= 0.3 is 0 Å². The summed E-state index contributed by atoms with van der Waals surface area (Å²) in [6, 6.07) is 13.1. The van der Waals surface area contributed by atoms with Gasteiger partial charge in [-0.3, -0.25) is 8.98 Å². The van der Waals surface area contributed by atoms with Gasteiger partial charge in [0.2, 0.25) is 0 Å². The maximum absolute atomic E-state index is 12.3. The van der Waals surface area contributed by atoms with Crippen molar-refractivity contribution >= 4 is 22.5 Å². The van der Waals surface area contributed by atoms with Crippen molar-refractivity contribution in [2.75, 3.05) is 13.7 Å². The fraction of sp³-hybridized carbons (Fsp3) is 0.409. The molecule has 0 aromatic heterocycles. The van der Waals surface area contributed by atoms with Gasteiger partial charge < -0.3 is 10.1 Å². The standard InChI is InChI=1S/C22H30N2O4S/c1-15-13-17(7-12-20(15)24-29(26)27-6)16(2)23-21(25)14-28-19-10-8-18(9-11-19)22(3,4)5/h7-13,16,29H,14H2,1-6H3,(H,23,25)/t16-/m1/s1. The maximum Gasteiger partial charge on any atom is 0.258 e. The van der Waals surface area contributed by atoms with E-state index in [9.17, 15) is 9.00 Å². The number of benzene rings is 2. The zero-order chi connectivity index (χ0) is 21.6. The van der Waals surface area contributed by atoms with Crippen LogP contribution in [0.5, 0.6) is 5.75 Å². The number of amides is 1. The summed E-state index contributed by atoms with van der Waals surface area (Å²) >= 11 is 0. The van der Waals surface area contributed by atoms with Gasteiger partial charge in [0, 0.05) is 0 Å². The molecule has 1 unspecified atom stereocenters. The summed E-state index contributed by atoms with van der Waals surface area (Å²) in [5.74, 6) is 0.459. The van der Waals surface area contributed by atoms with Gasteiger partial charge in [0.05, 0.1) is 18.8 Å². The summed E-state index contributed by atoms with van der Waals surface area (Å²) in [5.41, 5.74) is 3.68. The van der Waals surface area contributed by atoms with Gasteiger partial charge in [-0.2, -0.15) is 4.36 Å². The van der Waals surface area contributed by atoms with Crippen LogP contribution in [0.15, 0.2) is 46.8 Å². The average Bonchev–Trinajstić information content (AvgIpc) is 2.67. The first-order valence-corrected chi connectivity index (χ1v) is 10.6. The minimum absolute atomic E-state index is 0.0556. The van der Waals surface area contributed by atoms with Crippen molar-refractivity contribution in [3.63, 3.8) is 0 Å². The molecule has 0 spiro atoms. The first-order chi connectivity index (χ1) is 13.6. The molecule has 0 saturated carbocycles. The largest absolute Gasteiger partial charge is 0.484 e. The molecule has 0 aliphatic heterocycles. The molecule has 2 aromatic rings. The predicted octanol–water partition coefficient (Wildman–Crippen LogP) is 4.41. The van der Waals surface area contributed by atoms with Crippen LogP contribution >= 0.6 is 0 Å². The summed E-state index contributed by atoms with van der Waals surface area (Å²) in [4.78, 5) is 12.3. The minimum atomic E-state index is -2.06. The normalized spacial score (nSPS) is 13.7. The molecule has 0 saturated heterocycles. The Balaban J connectivity index is 1.93. The second-order valence-corrected chi connectivity index (χ2v) is 8.96.